The van der Waals surface area contributed by atoms with E-state index in [1.165, 1.54) is 44.9 Å². The van der Waals surface area contributed by atoms with E-state index in [0.29, 0.717) is 12.0 Å². The summed E-state index contributed by atoms with van der Waals surface area (Å²) in [4.78, 5) is 0. The van der Waals surface area contributed by atoms with Gasteiger partial charge in [0.25, 0.3) is 0 Å². The lowest BCUT2D eigenvalue weighted by molar-refractivity contribution is 0.161. The molecule has 0 bridgehead atoms. The first-order valence-electron chi connectivity index (χ1n) is 7.00. The summed E-state index contributed by atoms with van der Waals surface area (Å²) in [6.07, 6.45) is 10.8. The quantitative estimate of drug-likeness (QED) is 0.781. The van der Waals surface area contributed by atoms with Gasteiger partial charge in [0.1, 0.15) is 0 Å². The number of ether oxygens (including phenoxy) is 1. The first-order valence-corrected chi connectivity index (χ1v) is 7.00. The summed E-state index contributed by atoms with van der Waals surface area (Å²) in [5, 5.41) is 0. The van der Waals surface area contributed by atoms with Gasteiger partial charge in [-0.25, -0.2) is 0 Å². The Bertz CT molecular complexity index is 164. The molecule has 0 radical (unpaired) electrons. The Labute approximate surface area is 101 Å². The largest absolute Gasteiger partial charge is 0.385 e. The third-order valence-corrected chi connectivity index (χ3v) is 4.13. The summed E-state index contributed by atoms with van der Waals surface area (Å²) in [5.41, 5.74) is 6.40. The van der Waals surface area contributed by atoms with Crippen molar-refractivity contribution >= 4 is 0 Å². The van der Waals surface area contributed by atoms with Gasteiger partial charge in [-0.3, -0.25) is 0 Å². The molecular formula is C14H29NO. The molecule has 0 aliphatic heterocycles. The number of nitrogens with two attached hydrogens (primary N) is 1. The fourth-order valence-electron chi connectivity index (χ4n) is 2.83. The Balaban J connectivity index is 2.33. The molecule has 0 aromatic rings. The predicted molar refractivity (Wildman–Crippen MR) is 69.4 cm³/mol. The van der Waals surface area contributed by atoms with Crippen LogP contribution < -0.4 is 5.73 Å². The average molecular weight is 227 g/mol. The molecule has 16 heavy (non-hydrogen) atoms. The second kappa shape index (κ2) is 8.08. The molecule has 0 spiro atoms. The third-order valence-electron chi connectivity index (χ3n) is 4.13. The molecule has 1 saturated carbocycles. The van der Waals surface area contributed by atoms with E-state index in [1.807, 2.05) is 0 Å². The van der Waals surface area contributed by atoms with Gasteiger partial charge in [0.2, 0.25) is 0 Å². The maximum Gasteiger partial charge on any atom is 0.0465 e. The van der Waals surface area contributed by atoms with Gasteiger partial charge in [-0.1, -0.05) is 39.0 Å². The minimum atomic E-state index is 0.383. The lowest BCUT2D eigenvalue weighted by Gasteiger charge is -2.30. The smallest absolute Gasteiger partial charge is 0.0465 e. The van der Waals surface area contributed by atoms with Gasteiger partial charge >= 0.3 is 0 Å². The minimum Gasteiger partial charge on any atom is -0.385 e. The molecule has 2 nitrogen and oxygen atoms in total. The highest BCUT2D eigenvalue weighted by atomic mass is 16.5. The Morgan fingerprint density at radius 2 is 1.69 bits per heavy atom. The minimum absolute atomic E-state index is 0.383. The van der Waals surface area contributed by atoms with Gasteiger partial charge in [-0.05, 0) is 31.1 Å². The van der Waals surface area contributed by atoms with E-state index in [0.717, 1.165) is 18.9 Å². The van der Waals surface area contributed by atoms with Gasteiger partial charge in [-0.15, -0.1) is 0 Å². The van der Waals surface area contributed by atoms with E-state index in [1.54, 1.807) is 7.11 Å². The number of hydrogen-bond donors (Lipinski definition) is 1. The summed E-state index contributed by atoms with van der Waals surface area (Å²) < 4.78 is 5.14. The summed E-state index contributed by atoms with van der Waals surface area (Å²) in [6, 6.07) is 0.383. The maximum absolute atomic E-state index is 6.40. The van der Waals surface area contributed by atoms with Gasteiger partial charge in [0.05, 0.1) is 0 Å². The number of rotatable bonds is 5. The second-order valence-corrected chi connectivity index (χ2v) is 5.44. The molecule has 2 atom stereocenters. The molecule has 0 aromatic heterocycles. The van der Waals surface area contributed by atoms with Crippen molar-refractivity contribution < 1.29 is 4.74 Å². The van der Waals surface area contributed by atoms with Gasteiger partial charge in [0.15, 0.2) is 0 Å². The average Bonchev–Trinajstić information content (AvgIpc) is 2.24. The van der Waals surface area contributed by atoms with Crippen LogP contribution in [0.1, 0.15) is 58.3 Å². The topological polar surface area (TPSA) is 35.2 Å². The van der Waals surface area contributed by atoms with Crippen molar-refractivity contribution in [2.45, 2.75) is 64.3 Å². The normalized spacial score (nSPS) is 23.4. The standard InChI is InChI=1S/C14H29NO/c1-12(10-11-16-2)14(15)13-8-6-4-3-5-7-9-13/h12-14H,3-11,15H2,1-2H3. The predicted octanol–water partition coefficient (Wildman–Crippen LogP) is 3.35. The van der Waals surface area contributed by atoms with Crippen molar-refractivity contribution in [2.24, 2.45) is 17.6 Å². The number of methoxy groups -OCH3 is 1. The Hall–Kier alpha value is -0.0800. The van der Waals surface area contributed by atoms with Crippen LogP contribution in [0.4, 0.5) is 0 Å². The van der Waals surface area contributed by atoms with Crippen LogP contribution in [-0.4, -0.2) is 19.8 Å². The van der Waals surface area contributed by atoms with Crippen LogP contribution in [-0.2, 0) is 4.74 Å². The lowest BCUT2D eigenvalue weighted by atomic mass is 9.80. The highest BCUT2D eigenvalue weighted by Crippen LogP contribution is 2.27. The van der Waals surface area contributed by atoms with Crippen LogP contribution in [0.15, 0.2) is 0 Å². The molecular weight excluding hydrogens is 198 g/mol. The Kier molecular flexibility index (Phi) is 7.06. The zero-order valence-electron chi connectivity index (χ0n) is 11.1. The number of hydrogen-bond acceptors (Lipinski definition) is 2. The highest BCUT2D eigenvalue weighted by molar-refractivity contribution is 4.79. The molecule has 0 aromatic carbocycles. The van der Waals surface area contributed by atoms with E-state index in [2.05, 4.69) is 6.92 Å². The van der Waals surface area contributed by atoms with Crippen LogP contribution in [0.25, 0.3) is 0 Å². The summed E-state index contributed by atoms with van der Waals surface area (Å²) in [7, 11) is 1.77. The van der Waals surface area contributed by atoms with Crippen LogP contribution >= 0.6 is 0 Å². The first-order chi connectivity index (χ1) is 7.75. The lowest BCUT2D eigenvalue weighted by Crippen LogP contribution is -2.37. The molecule has 1 rings (SSSR count). The van der Waals surface area contributed by atoms with E-state index in [9.17, 15) is 0 Å². The van der Waals surface area contributed by atoms with E-state index in [-0.39, 0.29) is 0 Å². The van der Waals surface area contributed by atoms with Crippen LogP contribution in [0, 0.1) is 11.8 Å². The molecule has 96 valence electrons. The first kappa shape index (κ1) is 14.0. The van der Waals surface area contributed by atoms with Gasteiger partial charge < -0.3 is 10.5 Å². The maximum atomic E-state index is 6.40. The van der Waals surface area contributed by atoms with Crippen molar-refractivity contribution in [3.05, 3.63) is 0 Å². The summed E-state index contributed by atoms with van der Waals surface area (Å²) in [5.74, 6) is 1.36. The molecule has 1 aliphatic carbocycles. The zero-order valence-corrected chi connectivity index (χ0v) is 11.1. The Morgan fingerprint density at radius 3 is 2.25 bits per heavy atom. The van der Waals surface area contributed by atoms with Crippen molar-refractivity contribution in [1.29, 1.82) is 0 Å². The van der Waals surface area contributed by atoms with Crippen LogP contribution in [0.2, 0.25) is 0 Å². The van der Waals surface area contributed by atoms with Crippen molar-refractivity contribution in [2.75, 3.05) is 13.7 Å². The van der Waals surface area contributed by atoms with Crippen molar-refractivity contribution in [1.82, 2.24) is 0 Å². The van der Waals surface area contributed by atoms with Crippen molar-refractivity contribution in [3.8, 4) is 0 Å². The van der Waals surface area contributed by atoms with Crippen molar-refractivity contribution in [3.63, 3.8) is 0 Å². The van der Waals surface area contributed by atoms with Crippen LogP contribution in [0.3, 0.4) is 0 Å². The van der Waals surface area contributed by atoms with E-state index in [4.69, 9.17) is 10.5 Å². The summed E-state index contributed by atoms with van der Waals surface area (Å²) in [6.45, 7) is 3.13. The van der Waals surface area contributed by atoms with Gasteiger partial charge in [0, 0.05) is 19.8 Å². The third kappa shape index (κ3) is 4.84. The molecule has 2 heteroatoms. The molecule has 1 aliphatic rings. The zero-order chi connectivity index (χ0) is 11.8. The fourth-order valence-corrected chi connectivity index (χ4v) is 2.83. The molecule has 0 amide bonds. The fraction of sp³-hybridized carbons (Fsp3) is 1.00. The highest BCUT2D eigenvalue weighted by Gasteiger charge is 2.23. The Morgan fingerprint density at radius 1 is 1.12 bits per heavy atom. The van der Waals surface area contributed by atoms with E-state index < -0.39 is 0 Å². The van der Waals surface area contributed by atoms with Gasteiger partial charge in [-0.2, -0.15) is 0 Å². The van der Waals surface area contributed by atoms with E-state index >= 15 is 0 Å². The van der Waals surface area contributed by atoms with Crippen LogP contribution in [0.5, 0.6) is 0 Å². The molecule has 2 N–H and O–H groups in total. The summed E-state index contributed by atoms with van der Waals surface area (Å²) >= 11 is 0. The molecule has 0 heterocycles. The monoisotopic (exact) mass is 227 g/mol. The second-order valence-electron chi connectivity index (χ2n) is 5.44. The molecule has 0 saturated heterocycles. The molecule has 1 fully saturated rings. The molecule has 2 unspecified atom stereocenters. The SMILES string of the molecule is COCCC(C)C(N)C1CCCCCCC1.